The van der Waals surface area contributed by atoms with Gasteiger partial charge in [-0.05, 0) is 44.4 Å². The van der Waals surface area contributed by atoms with E-state index in [9.17, 15) is 22.7 Å². The number of carbonyl (C=O) groups is 1. The maximum Gasteiger partial charge on any atom is 0.322 e. The first-order chi connectivity index (χ1) is 10.8. The van der Waals surface area contributed by atoms with Crippen LogP contribution in [-0.2, 0) is 14.8 Å². The number of benzene rings is 1. The van der Waals surface area contributed by atoms with E-state index in [2.05, 4.69) is 0 Å². The maximum absolute atomic E-state index is 13.4. The van der Waals surface area contributed by atoms with Gasteiger partial charge in [-0.2, -0.15) is 4.31 Å². The van der Waals surface area contributed by atoms with E-state index in [1.807, 2.05) is 0 Å². The summed E-state index contributed by atoms with van der Waals surface area (Å²) in [6.45, 7) is 1.65. The van der Waals surface area contributed by atoms with Crippen molar-refractivity contribution < 1.29 is 27.1 Å². The number of hydrogen-bond acceptors (Lipinski definition) is 4. The van der Waals surface area contributed by atoms with E-state index in [0.717, 1.165) is 4.31 Å². The Hall–Kier alpha value is -1.93. The molecule has 0 bridgehead atoms. The van der Waals surface area contributed by atoms with E-state index in [-0.39, 0.29) is 29.2 Å². The summed E-state index contributed by atoms with van der Waals surface area (Å²) in [6.07, 6.45) is 1.52. The monoisotopic (exact) mass is 341 g/mol. The van der Waals surface area contributed by atoms with Gasteiger partial charge < -0.3 is 9.52 Å². The van der Waals surface area contributed by atoms with Gasteiger partial charge in [-0.15, -0.1) is 0 Å². The van der Waals surface area contributed by atoms with Gasteiger partial charge >= 0.3 is 5.97 Å². The highest BCUT2D eigenvalue weighted by Gasteiger charge is 2.40. The predicted octanol–water partition coefficient (Wildman–Crippen LogP) is 2.51. The number of piperidine rings is 1. The molecule has 1 aliphatic heterocycles. The lowest BCUT2D eigenvalue weighted by Gasteiger charge is -2.31. The normalized spacial score (nSPS) is 20.0. The number of fused-ring (bicyclic) bond motifs is 1. The van der Waals surface area contributed by atoms with E-state index in [1.165, 1.54) is 25.1 Å². The highest BCUT2D eigenvalue weighted by Crippen LogP contribution is 2.33. The molecule has 1 fully saturated rings. The fraction of sp³-hybridized carbons (Fsp3) is 0.400. The van der Waals surface area contributed by atoms with Crippen molar-refractivity contribution in [2.75, 3.05) is 6.54 Å². The lowest BCUT2D eigenvalue weighted by molar-refractivity contribution is -0.142. The molecule has 0 saturated carbocycles. The first-order valence-corrected chi connectivity index (χ1v) is 8.69. The Kier molecular flexibility index (Phi) is 3.89. The summed E-state index contributed by atoms with van der Waals surface area (Å²) in [5.74, 6) is -1.67. The van der Waals surface area contributed by atoms with Crippen LogP contribution in [0.25, 0.3) is 11.0 Å². The third kappa shape index (κ3) is 2.61. The van der Waals surface area contributed by atoms with Crippen LogP contribution in [0.4, 0.5) is 4.39 Å². The summed E-state index contributed by atoms with van der Waals surface area (Å²) < 4.78 is 45.5. The Balaban J connectivity index is 2.12. The summed E-state index contributed by atoms with van der Waals surface area (Å²) in [6, 6.07) is 2.65. The summed E-state index contributed by atoms with van der Waals surface area (Å²) in [4.78, 5) is 11.4. The first-order valence-electron chi connectivity index (χ1n) is 7.25. The molecule has 1 atom stereocenters. The highest BCUT2D eigenvalue weighted by molar-refractivity contribution is 7.89. The molecule has 1 N–H and O–H groups in total. The standard InChI is InChI=1S/C15H16FNO5S/c1-9-11-8-10(16)5-6-13(11)22-15(9)23(20,21)17-7-3-2-4-12(17)14(18)19/h5-6,8,12H,2-4,7H2,1H3,(H,18,19). The van der Waals surface area contributed by atoms with Crippen LogP contribution >= 0.6 is 0 Å². The molecule has 1 aromatic heterocycles. The highest BCUT2D eigenvalue weighted by atomic mass is 32.2. The molecule has 3 rings (SSSR count). The summed E-state index contributed by atoms with van der Waals surface area (Å²) in [5, 5.41) is 9.33. The second kappa shape index (κ2) is 5.61. The number of halogens is 1. The molecule has 1 unspecified atom stereocenters. The van der Waals surface area contributed by atoms with Crippen molar-refractivity contribution in [2.45, 2.75) is 37.3 Å². The number of carboxylic acids is 1. The van der Waals surface area contributed by atoms with Crippen molar-refractivity contribution in [3.05, 3.63) is 29.6 Å². The predicted molar refractivity (Wildman–Crippen MR) is 80.1 cm³/mol. The van der Waals surface area contributed by atoms with Gasteiger partial charge in [-0.1, -0.05) is 0 Å². The Morgan fingerprint density at radius 1 is 1.39 bits per heavy atom. The Labute approximate surface area is 132 Å². The minimum atomic E-state index is -4.10. The second-order valence-electron chi connectivity index (χ2n) is 5.62. The summed E-state index contributed by atoms with van der Waals surface area (Å²) in [7, 11) is -4.10. The number of nitrogens with zero attached hydrogens (tertiary/aromatic N) is 1. The van der Waals surface area contributed by atoms with Gasteiger partial charge in [0, 0.05) is 17.5 Å². The van der Waals surface area contributed by atoms with Crippen molar-refractivity contribution in [1.29, 1.82) is 0 Å². The Bertz CT molecular complexity index is 873. The summed E-state index contributed by atoms with van der Waals surface area (Å²) >= 11 is 0. The zero-order chi connectivity index (χ0) is 16.8. The van der Waals surface area contributed by atoms with Crippen LogP contribution in [0.5, 0.6) is 0 Å². The third-order valence-electron chi connectivity index (χ3n) is 4.14. The van der Waals surface area contributed by atoms with Gasteiger partial charge in [0.15, 0.2) is 0 Å². The molecule has 0 radical (unpaired) electrons. The topological polar surface area (TPSA) is 87.8 Å². The Morgan fingerprint density at radius 3 is 2.83 bits per heavy atom. The number of aliphatic carboxylic acids is 1. The fourth-order valence-corrected chi connectivity index (χ4v) is 4.77. The Morgan fingerprint density at radius 2 is 2.13 bits per heavy atom. The average molecular weight is 341 g/mol. The van der Waals surface area contributed by atoms with Crippen LogP contribution in [0, 0.1) is 12.7 Å². The van der Waals surface area contributed by atoms with E-state index >= 15 is 0 Å². The molecular formula is C15H16FNO5S. The van der Waals surface area contributed by atoms with E-state index < -0.39 is 27.9 Å². The molecule has 2 aromatic rings. The zero-order valence-corrected chi connectivity index (χ0v) is 13.3. The molecular weight excluding hydrogens is 325 g/mol. The molecule has 6 nitrogen and oxygen atoms in total. The van der Waals surface area contributed by atoms with Crippen LogP contribution in [0.3, 0.4) is 0 Å². The third-order valence-corrected chi connectivity index (χ3v) is 6.05. The molecule has 0 spiro atoms. The molecule has 0 aliphatic carbocycles. The fourth-order valence-electron chi connectivity index (χ4n) is 2.96. The second-order valence-corrected chi connectivity index (χ2v) is 7.41. The first kappa shape index (κ1) is 15.9. The van der Waals surface area contributed by atoms with Crippen molar-refractivity contribution in [1.82, 2.24) is 4.31 Å². The van der Waals surface area contributed by atoms with Crippen LogP contribution in [0.1, 0.15) is 24.8 Å². The molecule has 23 heavy (non-hydrogen) atoms. The van der Waals surface area contributed by atoms with Gasteiger partial charge in [0.05, 0.1) is 0 Å². The SMILES string of the molecule is Cc1c(S(=O)(=O)N2CCCCC2C(=O)O)oc2ccc(F)cc12. The van der Waals surface area contributed by atoms with E-state index in [1.54, 1.807) is 0 Å². The molecule has 2 heterocycles. The van der Waals surface area contributed by atoms with Crippen molar-refractivity contribution in [2.24, 2.45) is 0 Å². The van der Waals surface area contributed by atoms with Crippen molar-refractivity contribution >= 4 is 27.0 Å². The molecule has 1 aliphatic rings. The van der Waals surface area contributed by atoms with Crippen LogP contribution in [-0.4, -0.2) is 36.4 Å². The van der Waals surface area contributed by atoms with E-state index in [0.29, 0.717) is 18.2 Å². The van der Waals surface area contributed by atoms with Crippen LogP contribution < -0.4 is 0 Å². The molecule has 0 amide bonds. The number of sulfonamides is 1. The molecule has 8 heteroatoms. The van der Waals surface area contributed by atoms with Gasteiger partial charge in [0.25, 0.3) is 10.0 Å². The van der Waals surface area contributed by atoms with Gasteiger partial charge in [-0.3, -0.25) is 4.79 Å². The number of hydrogen-bond donors (Lipinski definition) is 1. The number of aryl methyl sites for hydroxylation is 1. The molecule has 124 valence electrons. The number of furan rings is 1. The smallest absolute Gasteiger partial charge is 0.322 e. The quantitative estimate of drug-likeness (QED) is 0.927. The maximum atomic E-state index is 13.4. The van der Waals surface area contributed by atoms with E-state index in [4.69, 9.17) is 4.42 Å². The average Bonchev–Trinajstić information content (AvgIpc) is 2.85. The van der Waals surface area contributed by atoms with Crippen LogP contribution in [0.15, 0.2) is 27.7 Å². The molecule has 1 aromatic carbocycles. The largest absolute Gasteiger partial charge is 0.480 e. The zero-order valence-electron chi connectivity index (χ0n) is 12.5. The van der Waals surface area contributed by atoms with Crippen molar-refractivity contribution in [3.63, 3.8) is 0 Å². The molecule has 1 saturated heterocycles. The van der Waals surface area contributed by atoms with Gasteiger partial charge in [0.2, 0.25) is 5.09 Å². The minimum Gasteiger partial charge on any atom is -0.480 e. The van der Waals surface area contributed by atoms with Gasteiger partial charge in [-0.25, -0.2) is 12.8 Å². The summed E-state index contributed by atoms with van der Waals surface area (Å²) in [5.41, 5.74) is 0.542. The van der Waals surface area contributed by atoms with Gasteiger partial charge in [0.1, 0.15) is 17.4 Å². The number of rotatable bonds is 3. The van der Waals surface area contributed by atoms with Crippen molar-refractivity contribution in [3.8, 4) is 0 Å². The lowest BCUT2D eigenvalue weighted by atomic mass is 10.1. The number of carboxylic acid groups (broad SMARTS) is 1. The van der Waals surface area contributed by atoms with Crippen LogP contribution in [0.2, 0.25) is 0 Å². The lowest BCUT2D eigenvalue weighted by Crippen LogP contribution is -2.47. The minimum absolute atomic E-state index is 0.129.